The van der Waals surface area contributed by atoms with Gasteiger partial charge in [0.2, 0.25) is 6.10 Å². The van der Waals surface area contributed by atoms with Crippen LogP contribution in [0.25, 0.3) is 0 Å². The van der Waals surface area contributed by atoms with E-state index in [1.165, 1.54) is 11.0 Å². The molecule has 18 heteroatoms. The number of rotatable bonds is 15. The predicted molar refractivity (Wildman–Crippen MR) is 200 cm³/mol. The van der Waals surface area contributed by atoms with Crippen LogP contribution in [0.3, 0.4) is 0 Å². The van der Waals surface area contributed by atoms with E-state index in [1.54, 1.807) is 81.1 Å². The summed E-state index contributed by atoms with van der Waals surface area (Å²) >= 11 is 1.67. The van der Waals surface area contributed by atoms with E-state index in [1.807, 2.05) is 51.3 Å². The van der Waals surface area contributed by atoms with Gasteiger partial charge in [-0.3, -0.25) is 9.32 Å². The highest BCUT2D eigenvalue weighted by Gasteiger charge is 2.62. The average Bonchev–Trinajstić information content (AvgIpc) is 3.67. The molecule has 1 aliphatic rings. The lowest BCUT2D eigenvalue weighted by atomic mass is 10.1. The Morgan fingerprint density at radius 3 is 2.12 bits per heavy atom. The van der Waals surface area contributed by atoms with Crippen molar-refractivity contribution in [2.75, 3.05) is 12.9 Å². The number of ether oxygens (including phenoxy) is 3. The zero-order chi connectivity index (χ0) is 42.8. The van der Waals surface area contributed by atoms with Crippen molar-refractivity contribution in [1.82, 2.24) is 5.09 Å². The maximum atomic E-state index is 12.8. The Kier molecular flexibility index (Phi) is 16.3. The first kappa shape index (κ1) is 46.9. The number of allylic oxidation sites excluding steroid dienone is 1. The molecule has 1 fully saturated rings. The van der Waals surface area contributed by atoms with Gasteiger partial charge in [0.15, 0.2) is 0 Å². The molecule has 310 valence electrons. The van der Waals surface area contributed by atoms with Gasteiger partial charge >= 0.3 is 32.0 Å². The van der Waals surface area contributed by atoms with E-state index in [4.69, 9.17) is 18.5 Å². The summed E-state index contributed by atoms with van der Waals surface area (Å²) in [4.78, 5) is 25.6. The molecule has 1 N–H and O–H groups in total. The minimum absolute atomic E-state index is 0.0175. The van der Waals surface area contributed by atoms with Crippen LogP contribution in [-0.2, 0) is 28.2 Å². The van der Waals surface area contributed by atoms with Gasteiger partial charge in [0.1, 0.15) is 23.3 Å². The van der Waals surface area contributed by atoms with E-state index < -0.39 is 61.5 Å². The van der Waals surface area contributed by atoms with Crippen LogP contribution < -0.4 is 14.3 Å². The van der Waals surface area contributed by atoms with Crippen LogP contribution in [0, 0.1) is 35.5 Å². The number of benzene rings is 3. The van der Waals surface area contributed by atoms with Gasteiger partial charge in [-0.25, -0.2) is 14.4 Å². The number of hydrogen-bond acceptors (Lipinski definition) is 10. The second kappa shape index (κ2) is 19.8. The van der Waals surface area contributed by atoms with E-state index >= 15 is 0 Å². The summed E-state index contributed by atoms with van der Waals surface area (Å²) in [5, 5.41) is 12.4. The number of hydrogen-bond donors (Lipinski definition) is 1. The Morgan fingerprint density at radius 2 is 1.58 bits per heavy atom. The quantitative estimate of drug-likeness (QED) is 0.0515. The molecule has 0 amide bonds. The van der Waals surface area contributed by atoms with Crippen LogP contribution >= 0.6 is 19.5 Å². The number of alkyl halides is 6. The predicted octanol–water partition coefficient (Wildman–Crippen LogP) is 10.7. The highest BCUT2D eigenvalue weighted by Crippen LogP contribution is 2.60. The first-order valence-corrected chi connectivity index (χ1v) is 20.1. The fourth-order valence-corrected chi connectivity index (χ4v) is 7.62. The van der Waals surface area contributed by atoms with E-state index in [-0.39, 0.29) is 6.04 Å². The number of aryl methyl sites for hydroxylation is 1. The number of thioether (sulfide) groups is 1. The second-order valence-corrected chi connectivity index (χ2v) is 16.0. The minimum atomic E-state index is -5.84. The Balaban J connectivity index is 0.000000384. The largest absolute Gasteiger partial charge is 0.458 e. The van der Waals surface area contributed by atoms with Gasteiger partial charge in [-0.1, -0.05) is 50.3 Å². The fourth-order valence-electron chi connectivity index (χ4n) is 5.49. The first-order chi connectivity index (χ1) is 26.5. The molecule has 0 radical (unpaired) electrons. The van der Waals surface area contributed by atoms with E-state index in [2.05, 4.69) is 9.82 Å². The Morgan fingerprint density at radius 1 is 0.947 bits per heavy atom. The van der Waals surface area contributed by atoms with Gasteiger partial charge in [-0.15, -0.1) is 11.8 Å². The van der Waals surface area contributed by atoms with Crippen molar-refractivity contribution in [2.24, 2.45) is 17.3 Å². The lowest BCUT2D eigenvalue weighted by molar-refractivity contribution is -0.312. The number of carbonyl (C=O) groups excluding carboxylic acids is 2. The normalized spacial score (nSPS) is 17.8. The molecule has 3 aromatic rings. The Bertz CT molecular complexity index is 1940. The summed E-state index contributed by atoms with van der Waals surface area (Å²) < 4.78 is 113. The molecule has 0 heterocycles. The van der Waals surface area contributed by atoms with Crippen LogP contribution in [0.2, 0.25) is 0 Å². The second-order valence-electron chi connectivity index (χ2n) is 13.4. The molecule has 4 unspecified atom stereocenters. The first-order valence-electron chi connectivity index (χ1n) is 17.4. The van der Waals surface area contributed by atoms with Crippen molar-refractivity contribution in [3.05, 3.63) is 96.1 Å². The van der Waals surface area contributed by atoms with Crippen molar-refractivity contribution in [3.8, 4) is 23.3 Å². The molecular formula is C39H43F6N2O8PS. The highest BCUT2D eigenvalue weighted by atomic mass is 32.2. The average molecular weight is 845 g/mol. The molecule has 10 nitrogen and oxygen atoms in total. The molecule has 0 aliphatic heterocycles. The van der Waals surface area contributed by atoms with Crippen LogP contribution in [-0.4, -0.2) is 49.3 Å². The van der Waals surface area contributed by atoms with Gasteiger partial charge in [-0.2, -0.15) is 31.6 Å². The summed E-state index contributed by atoms with van der Waals surface area (Å²) in [6.45, 7) is 11.1. The molecule has 0 aromatic heterocycles. The maximum absolute atomic E-state index is 12.8. The van der Waals surface area contributed by atoms with Crippen molar-refractivity contribution in [3.63, 3.8) is 0 Å². The highest BCUT2D eigenvalue weighted by molar-refractivity contribution is 7.98. The zero-order valence-electron chi connectivity index (χ0n) is 32.0. The number of esters is 2. The summed E-state index contributed by atoms with van der Waals surface area (Å²) in [5.74, 6) is -2.89. The number of nitrogens with zero attached hydrogens (tertiary/aromatic N) is 1. The molecule has 0 spiro atoms. The van der Waals surface area contributed by atoms with E-state index in [0.29, 0.717) is 35.5 Å². The van der Waals surface area contributed by atoms with Crippen molar-refractivity contribution in [1.29, 1.82) is 5.26 Å². The van der Waals surface area contributed by atoms with Gasteiger partial charge in [0, 0.05) is 22.6 Å². The lowest BCUT2D eigenvalue weighted by Gasteiger charge is -2.22. The standard InChI is InChI=1S/C26H21F6NO5.C13H22NO3PS/c1-24(2)18(11-12-20(34)38-23(25(27,28)29)26(30,31)32)21(24)22(35)37-19(14-33)15-7-6-10-17(13-15)36-16-8-4-3-5-9-16;1-6-16-18(15,14-10(2)3)17-12-7-8-13(19-5)11(4)9-12/h3-13,18-19,21,23H,1-2H3;7-10H,6H2,1-5H3,(H,14,15)/b12-11-;. The number of carbonyl (C=O) groups is 2. The molecule has 4 atom stereocenters. The molecule has 1 aliphatic carbocycles. The third-order valence-electron chi connectivity index (χ3n) is 8.23. The Hall–Kier alpha value is -4.49. The number of nitrogens with one attached hydrogen (secondary N) is 1. The third kappa shape index (κ3) is 13.8. The summed E-state index contributed by atoms with van der Waals surface area (Å²) in [6.07, 6.45) is -13.9. The number of halogens is 6. The van der Waals surface area contributed by atoms with Crippen LogP contribution in [0.15, 0.2) is 89.8 Å². The number of nitriles is 1. The van der Waals surface area contributed by atoms with Gasteiger partial charge in [0.05, 0.1) is 12.5 Å². The fraction of sp³-hybridized carbons (Fsp3) is 0.410. The topological polar surface area (TPSA) is 133 Å². The summed E-state index contributed by atoms with van der Waals surface area (Å²) in [5.41, 5.74) is 0.561. The molecule has 1 saturated carbocycles. The van der Waals surface area contributed by atoms with Gasteiger partial charge < -0.3 is 18.7 Å². The van der Waals surface area contributed by atoms with Crippen LogP contribution in [0.4, 0.5) is 26.3 Å². The third-order valence-corrected chi connectivity index (χ3v) is 11.0. The molecule has 4 rings (SSSR count). The van der Waals surface area contributed by atoms with Crippen LogP contribution in [0.5, 0.6) is 17.2 Å². The van der Waals surface area contributed by atoms with Gasteiger partial charge in [0.25, 0.3) is 6.10 Å². The Labute approximate surface area is 331 Å². The maximum Gasteiger partial charge on any atom is 0.458 e. The van der Waals surface area contributed by atoms with Crippen molar-refractivity contribution >= 4 is 31.4 Å². The molecular weight excluding hydrogens is 801 g/mol. The summed E-state index contributed by atoms with van der Waals surface area (Å²) in [6, 6.07) is 22.6. The SMILES string of the molecule is CC1(C)C(/C=C\C(=O)OC(C(F)(F)F)C(F)(F)F)C1C(=O)OC(C#N)c1cccc(Oc2ccccc2)c1.CCOP(=O)(NC(C)C)Oc1ccc(SC)c(C)c1. The molecule has 3 aromatic carbocycles. The zero-order valence-corrected chi connectivity index (χ0v) is 33.7. The minimum Gasteiger partial charge on any atom is -0.457 e. The smallest absolute Gasteiger partial charge is 0.457 e. The number of para-hydroxylation sites is 1. The molecule has 0 saturated heterocycles. The summed E-state index contributed by atoms with van der Waals surface area (Å²) in [7, 11) is -3.30. The lowest BCUT2D eigenvalue weighted by Crippen LogP contribution is -2.45. The molecule has 57 heavy (non-hydrogen) atoms. The monoisotopic (exact) mass is 844 g/mol. The molecule has 0 bridgehead atoms. The van der Waals surface area contributed by atoms with Gasteiger partial charge in [-0.05, 0) is 93.3 Å². The van der Waals surface area contributed by atoms with Crippen molar-refractivity contribution < 1.29 is 63.8 Å². The van der Waals surface area contributed by atoms with Crippen LogP contribution in [0.1, 0.15) is 51.8 Å². The van der Waals surface area contributed by atoms with E-state index in [9.17, 15) is 45.8 Å². The van der Waals surface area contributed by atoms with Crippen molar-refractivity contribution in [2.45, 2.75) is 77.0 Å². The van der Waals surface area contributed by atoms with E-state index in [0.717, 1.165) is 11.6 Å².